The normalized spacial score (nSPS) is 18.8. The number of nitrogens with two attached hydrogens (primary N) is 1. The molecule has 18 heavy (non-hydrogen) atoms. The van der Waals surface area contributed by atoms with Crippen LogP contribution >= 0.6 is 0 Å². The highest BCUT2D eigenvalue weighted by Gasteiger charge is 2.19. The van der Waals surface area contributed by atoms with Crippen LogP contribution in [0.5, 0.6) is 0 Å². The van der Waals surface area contributed by atoms with E-state index in [0.717, 1.165) is 25.9 Å². The van der Waals surface area contributed by atoms with Crippen molar-refractivity contribution in [2.75, 3.05) is 0 Å². The van der Waals surface area contributed by atoms with E-state index < -0.39 is 0 Å². The number of rotatable bonds is 4. The molecule has 0 spiro atoms. The van der Waals surface area contributed by atoms with Gasteiger partial charge in [0.05, 0.1) is 6.20 Å². The number of aryl methyl sites for hydroxylation is 2. The minimum Gasteiger partial charge on any atom is -0.351 e. The van der Waals surface area contributed by atoms with Crippen LogP contribution in [0.4, 0.5) is 0 Å². The van der Waals surface area contributed by atoms with Gasteiger partial charge in [-0.1, -0.05) is 5.21 Å². The summed E-state index contributed by atoms with van der Waals surface area (Å²) in [5, 5.41) is 7.78. The maximum Gasteiger partial charge on any atom is 0.0692 e. The van der Waals surface area contributed by atoms with Crippen molar-refractivity contribution < 1.29 is 0 Å². The maximum atomic E-state index is 6.13. The number of fused-ring (bicyclic) bond motifs is 1. The largest absolute Gasteiger partial charge is 0.351 e. The lowest BCUT2D eigenvalue weighted by Gasteiger charge is -2.20. The van der Waals surface area contributed by atoms with Crippen molar-refractivity contribution in [1.29, 1.82) is 0 Å². The SMILES string of the molecule is NC1CCCc2c1ccn2CCCn1ccnn1. The summed E-state index contributed by atoms with van der Waals surface area (Å²) < 4.78 is 4.23. The fourth-order valence-corrected chi connectivity index (χ4v) is 2.76. The summed E-state index contributed by atoms with van der Waals surface area (Å²) in [6.07, 6.45) is 10.4. The monoisotopic (exact) mass is 245 g/mol. The van der Waals surface area contributed by atoms with Gasteiger partial charge in [-0.2, -0.15) is 0 Å². The minimum absolute atomic E-state index is 0.241. The first kappa shape index (κ1) is 11.5. The van der Waals surface area contributed by atoms with Crippen molar-refractivity contribution in [3.8, 4) is 0 Å². The molecule has 0 amide bonds. The van der Waals surface area contributed by atoms with Gasteiger partial charge in [0.25, 0.3) is 0 Å². The van der Waals surface area contributed by atoms with Crippen LogP contribution in [0.2, 0.25) is 0 Å². The van der Waals surface area contributed by atoms with Crippen LogP contribution in [0.15, 0.2) is 24.7 Å². The second kappa shape index (κ2) is 4.94. The van der Waals surface area contributed by atoms with Crippen molar-refractivity contribution in [2.45, 2.75) is 44.8 Å². The first-order valence-electron chi connectivity index (χ1n) is 6.62. The molecule has 2 heterocycles. The van der Waals surface area contributed by atoms with Gasteiger partial charge < -0.3 is 10.3 Å². The molecule has 1 atom stereocenters. The molecule has 0 aromatic carbocycles. The van der Waals surface area contributed by atoms with Gasteiger partial charge in [-0.3, -0.25) is 4.68 Å². The molecule has 2 aromatic rings. The smallest absolute Gasteiger partial charge is 0.0692 e. The Bertz CT molecular complexity index is 499. The Morgan fingerprint density at radius 3 is 3.11 bits per heavy atom. The molecule has 5 nitrogen and oxygen atoms in total. The summed E-state index contributed by atoms with van der Waals surface area (Å²) in [5.41, 5.74) is 8.92. The molecule has 0 saturated carbocycles. The van der Waals surface area contributed by atoms with E-state index in [2.05, 4.69) is 27.1 Å². The molecule has 3 rings (SSSR count). The zero-order valence-electron chi connectivity index (χ0n) is 10.5. The average molecular weight is 245 g/mol. The summed E-state index contributed by atoms with van der Waals surface area (Å²) in [7, 11) is 0. The predicted octanol–water partition coefficient (Wildman–Crippen LogP) is 1.51. The Labute approximate surface area is 107 Å². The topological polar surface area (TPSA) is 61.7 Å². The summed E-state index contributed by atoms with van der Waals surface area (Å²) in [5.74, 6) is 0. The molecule has 0 fully saturated rings. The lowest BCUT2D eigenvalue weighted by Crippen LogP contribution is -2.18. The minimum atomic E-state index is 0.241. The standard InChI is InChI=1S/C13H19N5/c14-12-3-1-4-13-11(12)5-9-17(13)7-2-8-18-10-6-15-16-18/h5-6,9-10,12H,1-4,7-8,14H2. The molecule has 0 radical (unpaired) electrons. The highest BCUT2D eigenvalue weighted by Crippen LogP contribution is 2.28. The molecular formula is C13H19N5. The van der Waals surface area contributed by atoms with Crippen LogP contribution < -0.4 is 5.73 Å². The van der Waals surface area contributed by atoms with E-state index in [-0.39, 0.29) is 6.04 Å². The van der Waals surface area contributed by atoms with Crippen LogP contribution in [0.3, 0.4) is 0 Å². The molecule has 5 heteroatoms. The van der Waals surface area contributed by atoms with Crippen LogP contribution in [0.25, 0.3) is 0 Å². The van der Waals surface area contributed by atoms with Crippen LogP contribution in [0.1, 0.15) is 36.6 Å². The fourth-order valence-electron chi connectivity index (χ4n) is 2.76. The number of nitrogens with zero attached hydrogens (tertiary/aromatic N) is 4. The van der Waals surface area contributed by atoms with Gasteiger partial charge >= 0.3 is 0 Å². The lowest BCUT2D eigenvalue weighted by molar-refractivity contribution is 0.492. The molecule has 1 aliphatic rings. The molecule has 2 aromatic heterocycles. The van der Waals surface area contributed by atoms with Gasteiger partial charge in [-0.25, -0.2) is 0 Å². The Morgan fingerprint density at radius 2 is 2.28 bits per heavy atom. The van der Waals surface area contributed by atoms with E-state index in [4.69, 9.17) is 5.73 Å². The number of aromatic nitrogens is 4. The Kier molecular flexibility index (Phi) is 3.15. The molecule has 1 aliphatic carbocycles. The van der Waals surface area contributed by atoms with E-state index in [1.807, 2.05) is 10.9 Å². The highest BCUT2D eigenvalue weighted by molar-refractivity contribution is 5.28. The first-order valence-corrected chi connectivity index (χ1v) is 6.62. The third-order valence-electron chi connectivity index (χ3n) is 3.70. The predicted molar refractivity (Wildman–Crippen MR) is 68.9 cm³/mol. The van der Waals surface area contributed by atoms with Crippen LogP contribution in [0, 0.1) is 0 Å². The van der Waals surface area contributed by atoms with Crippen molar-refractivity contribution in [1.82, 2.24) is 19.6 Å². The summed E-state index contributed by atoms with van der Waals surface area (Å²) in [6.45, 7) is 1.95. The van der Waals surface area contributed by atoms with Crippen molar-refractivity contribution in [3.63, 3.8) is 0 Å². The van der Waals surface area contributed by atoms with E-state index in [0.29, 0.717) is 0 Å². The van der Waals surface area contributed by atoms with E-state index in [1.54, 1.807) is 6.20 Å². The molecule has 0 aliphatic heterocycles. The molecule has 0 saturated heterocycles. The zero-order valence-corrected chi connectivity index (χ0v) is 10.5. The number of hydrogen-bond donors (Lipinski definition) is 1. The molecule has 1 unspecified atom stereocenters. The molecule has 96 valence electrons. The van der Waals surface area contributed by atoms with Crippen LogP contribution in [-0.4, -0.2) is 19.6 Å². The van der Waals surface area contributed by atoms with Crippen molar-refractivity contribution >= 4 is 0 Å². The summed E-state index contributed by atoms with van der Waals surface area (Å²) >= 11 is 0. The van der Waals surface area contributed by atoms with Gasteiger partial charge in [0.15, 0.2) is 0 Å². The average Bonchev–Trinajstić information content (AvgIpc) is 3.00. The fraction of sp³-hybridized carbons (Fsp3) is 0.538. The van der Waals surface area contributed by atoms with Crippen molar-refractivity contribution in [3.05, 3.63) is 35.9 Å². The quantitative estimate of drug-likeness (QED) is 0.888. The summed E-state index contributed by atoms with van der Waals surface area (Å²) in [6, 6.07) is 2.43. The van der Waals surface area contributed by atoms with Gasteiger partial charge in [-0.15, -0.1) is 5.10 Å². The number of hydrogen-bond acceptors (Lipinski definition) is 3. The Hall–Kier alpha value is -1.62. The van der Waals surface area contributed by atoms with Gasteiger partial charge in [0, 0.05) is 37.2 Å². The third-order valence-corrected chi connectivity index (χ3v) is 3.70. The van der Waals surface area contributed by atoms with E-state index in [1.165, 1.54) is 24.1 Å². The van der Waals surface area contributed by atoms with Gasteiger partial charge in [0.1, 0.15) is 0 Å². The van der Waals surface area contributed by atoms with Crippen LogP contribution in [-0.2, 0) is 19.5 Å². The highest BCUT2D eigenvalue weighted by atomic mass is 15.4. The van der Waals surface area contributed by atoms with Gasteiger partial charge in [0.2, 0.25) is 0 Å². The second-order valence-electron chi connectivity index (χ2n) is 4.93. The van der Waals surface area contributed by atoms with E-state index in [9.17, 15) is 0 Å². The summed E-state index contributed by atoms with van der Waals surface area (Å²) in [4.78, 5) is 0. The third kappa shape index (κ3) is 2.18. The maximum absolute atomic E-state index is 6.13. The lowest BCUT2D eigenvalue weighted by atomic mass is 9.94. The first-order chi connectivity index (χ1) is 8.84. The van der Waals surface area contributed by atoms with Crippen molar-refractivity contribution in [2.24, 2.45) is 5.73 Å². The van der Waals surface area contributed by atoms with E-state index >= 15 is 0 Å². The second-order valence-corrected chi connectivity index (χ2v) is 4.93. The Balaban J connectivity index is 1.63. The molecule has 2 N–H and O–H groups in total. The molecular weight excluding hydrogens is 226 g/mol. The zero-order chi connectivity index (χ0) is 12.4. The Morgan fingerprint density at radius 1 is 1.33 bits per heavy atom. The molecule has 0 bridgehead atoms. The van der Waals surface area contributed by atoms with Gasteiger partial charge in [-0.05, 0) is 37.3 Å².